The van der Waals surface area contributed by atoms with E-state index in [1.54, 1.807) is 27.7 Å². The number of nitrogens with zero attached hydrogens (tertiary/aromatic N) is 1. The third kappa shape index (κ3) is 25.1. The second-order valence-electron chi connectivity index (χ2n) is 24.0. The van der Waals surface area contributed by atoms with Gasteiger partial charge in [0.2, 0.25) is 53.2 Å². The van der Waals surface area contributed by atoms with Gasteiger partial charge < -0.3 is 133 Å². The van der Waals surface area contributed by atoms with E-state index in [2.05, 4.69) is 42.5 Å². The average Bonchev–Trinajstić information content (AvgIpc) is 1.10. The molecule has 22 N–H and O–H groups in total. The number of aliphatic hydroxyl groups excluding tert-OH is 4. The molecule has 41 heteroatoms. The molecule has 22 atom stereocenters. The summed E-state index contributed by atoms with van der Waals surface area (Å²) in [7, 11) is -8.73. The zero-order valence-electron chi connectivity index (χ0n) is 54.4. The van der Waals surface area contributed by atoms with Gasteiger partial charge in [0.05, 0.1) is 37.7 Å². The highest BCUT2D eigenvalue weighted by atomic mass is 31.2. The van der Waals surface area contributed by atoms with Crippen LogP contribution < -0.4 is 59.7 Å². The standard InChI is InChI=1S/C54H96N12O27P2/c1-22(2)36(48(78)62-30(52(82)83)13-14-34(69)70)64-49(79)37(23(3)4)63-46(76)31-12-11-17-66(31)51(81)25(6)59-45(75)24(5)58-50(80)38(27(8)91-54-40(61-29(10)68)44(74)42(72)33(93-54)21-89-95(86,87)19-16-56)65-47(77)35(57)26(7)90-53-39(60-28(9)67)43(73)41(71)32(92-53)20-88-94(84,85)18-15-55/h22-27,30-33,35-44,53-54,71-74H,11-21,55-57H2,1-10H3,(H,58,80)(H,59,75)(H,60,67)(H,61,68)(H,62,78)(H,63,76)(H,64,79)(H,65,77)(H,69,70)(H,82,83)(H,84,85)(H,86,87). The number of aliphatic hydroxyl groups is 4. The van der Waals surface area contributed by atoms with Gasteiger partial charge in [-0.25, -0.2) is 4.79 Å². The number of carbonyl (C=O) groups is 11. The number of ether oxygens (including phenoxy) is 4. The van der Waals surface area contributed by atoms with Crippen molar-refractivity contribution in [3.8, 4) is 0 Å². The lowest BCUT2D eigenvalue weighted by atomic mass is 9.96. The van der Waals surface area contributed by atoms with Crippen molar-refractivity contribution < 1.29 is 130 Å². The summed E-state index contributed by atoms with van der Waals surface area (Å²) < 4.78 is 58.8. The minimum atomic E-state index is -4.39. The molecule has 39 nitrogen and oxygen atoms in total. The molecule has 3 saturated heterocycles. The second-order valence-corrected chi connectivity index (χ2v) is 28.0. The number of carboxylic acids is 2. The van der Waals surface area contributed by atoms with Crippen molar-refractivity contribution in [2.24, 2.45) is 29.0 Å². The monoisotopic (exact) mass is 1410 g/mol. The quantitative estimate of drug-likeness (QED) is 0.0257. The highest BCUT2D eigenvalue weighted by Crippen LogP contribution is 2.43. The summed E-state index contributed by atoms with van der Waals surface area (Å²) in [5.41, 5.74) is 17.2. The number of nitrogens with two attached hydrogens (primary N) is 3. The number of carbonyl (C=O) groups excluding carboxylic acids is 9. The Balaban J connectivity index is 1.92. The summed E-state index contributed by atoms with van der Waals surface area (Å²) in [4.78, 5) is 167. The smallest absolute Gasteiger partial charge is 0.329 e. The van der Waals surface area contributed by atoms with Crippen LogP contribution in [0.15, 0.2) is 0 Å². The van der Waals surface area contributed by atoms with Crippen molar-refractivity contribution >= 4 is 80.3 Å². The fraction of sp³-hybridized carbons (Fsp3) is 0.796. The van der Waals surface area contributed by atoms with Gasteiger partial charge >= 0.3 is 27.1 Å². The van der Waals surface area contributed by atoms with E-state index in [-0.39, 0.29) is 32.5 Å². The van der Waals surface area contributed by atoms with E-state index in [4.69, 9.17) is 50.3 Å². The highest BCUT2D eigenvalue weighted by molar-refractivity contribution is 7.53. The number of rotatable bonds is 37. The largest absolute Gasteiger partial charge is 0.481 e. The molecule has 22 unspecified atom stereocenters. The van der Waals surface area contributed by atoms with Crippen LogP contribution >= 0.6 is 15.2 Å². The third-order valence-corrected chi connectivity index (χ3v) is 18.2. The summed E-state index contributed by atoms with van der Waals surface area (Å²) in [5, 5.41) is 82.2. The van der Waals surface area contributed by atoms with E-state index in [1.807, 2.05) is 0 Å². The summed E-state index contributed by atoms with van der Waals surface area (Å²) in [6.07, 6.45) is -19.6. The van der Waals surface area contributed by atoms with E-state index < -0.39 is 252 Å². The third-order valence-electron chi connectivity index (χ3n) is 15.5. The van der Waals surface area contributed by atoms with Gasteiger partial charge in [0, 0.05) is 39.9 Å². The highest BCUT2D eigenvalue weighted by Gasteiger charge is 2.50. The Morgan fingerprint density at radius 2 is 1.01 bits per heavy atom. The number of amides is 9. The summed E-state index contributed by atoms with van der Waals surface area (Å²) in [6, 6.07) is -15.6. The molecule has 3 aliphatic heterocycles. The average molecular weight is 1410 g/mol. The van der Waals surface area contributed by atoms with Crippen LogP contribution in [0.25, 0.3) is 0 Å². The molecule has 0 aromatic rings. The van der Waals surface area contributed by atoms with E-state index in [9.17, 15) is 97.2 Å². The van der Waals surface area contributed by atoms with Crippen LogP contribution in [0.4, 0.5) is 0 Å². The van der Waals surface area contributed by atoms with Crippen molar-refractivity contribution in [3.63, 3.8) is 0 Å². The lowest BCUT2D eigenvalue weighted by Gasteiger charge is -2.44. The van der Waals surface area contributed by atoms with Crippen molar-refractivity contribution in [1.29, 1.82) is 0 Å². The van der Waals surface area contributed by atoms with Crippen LogP contribution in [0.3, 0.4) is 0 Å². The van der Waals surface area contributed by atoms with Gasteiger partial charge in [0.25, 0.3) is 0 Å². The van der Waals surface area contributed by atoms with Crippen molar-refractivity contribution in [3.05, 3.63) is 0 Å². The first-order valence-electron chi connectivity index (χ1n) is 30.6. The molecule has 0 saturated carbocycles. The van der Waals surface area contributed by atoms with Gasteiger partial charge in [-0.2, -0.15) is 0 Å². The zero-order valence-corrected chi connectivity index (χ0v) is 56.2. The van der Waals surface area contributed by atoms with Gasteiger partial charge in [-0.1, -0.05) is 27.7 Å². The van der Waals surface area contributed by atoms with Gasteiger partial charge in [-0.3, -0.25) is 57.1 Å². The SMILES string of the molecule is CC(=O)NC1C(OC(C)C(N)C(=O)NC(C(=O)NC(C)C(=O)NC(C)C(=O)N2CCCC2C(=O)NC(C(=O)NC(C(=O)NC(CCC(=O)O)C(=O)O)C(C)C)C(C)C)C(C)OC2OC(COP(=O)(O)CCN)C(O)C(O)C2NC(C)=O)OC(COP(=O)(O)CCN)C(O)C1O. The number of hydrogen-bond acceptors (Lipinski definition) is 26. The summed E-state index contributed by atoms with van der Waals surface area (Å²) in [6.45, 7) is 10.9. The van der Waals surface area contributed by atoms with E-state index in [0.29, 0.717) is 0 Å². The molecular weight excluding hydrogens is 1310 g/mol. The normalized spacial score (nSPS) is 27.0. The Bertz CT molecular complexity index is 2780. The molecular formula is C54H96N12O27P2. The fourth-order valence-electron chi connectivity index (χ4n) is 10.1. The van der Waals surface area contributed by atoms with Crippen LogP contribution in [-0.4, -0.2) is 277 Å². The predicted octanol–water partition coefficient (Wildman–Crippen LogP) is -7.45. The number of hydrogen-bond donors (Lipinski definition) is 19. The van der Waals surface area contributed by atoms with E-state index in [0.717, 1.165) is 32.6 Å². The lowest BCUT2D eigenvalue weighted by Crippen LogP contribution is -2.67. The maximum Gasteiger partial charge on any atom is 0.329 e. The second kappa shape index (κ2) is 37.7. The van der Waals surface area contributed by atoms with E-state index >= 15 is 0 Å². The topological polar surface area (TPSA) is 617 Å². The van der Waals surface area contributed by atoms with Gasteiger partial charge in [0.15, 0.2) is 12.6 Å². The first kappa shape index (κ1) is 83.3. The van der Waals surface area contributed by atoms with Crippen LogP contribution in [-0.2, 0) is 89.9 Å². The molecule has 0 spiro atoms. The van der Waals surface area contributed by atoms with Crippen LogP contribution in [0.1, 0.15) is 94.9 Å². The maximum atomic E-state index is 14.6. The van der Waals surface area contributed by atoms with Crippen molar-refractivity contribution in [1.82, 2.24) is 47.4 Å². The molecule has 0 aromatic carbocycles. The van der Waals surface area contributed by atoms with Crippen molar-refractivity contribution in [2.45, 2.75) is 217 Å². The Morgan fingerprint density at radius 1 is 0.579 bits per heavy atom. The Hall–Kier alpha value is -5.97. The molecule has 3 fully saturated rings. The molecule has 0 bridgehead atoms. The summed E-state index contributed by atoms with van der Waals surface area (Å²) in [5.74, 6) is -12.5. The Labute approximate surface area is 547 Å². The molecule has 3 heterocycles. The van der Waals surface area contributed by atoms with Crippen LogP contribution in [0.2, 0.25) is 0 Å². The molecule has 544 valence electrons. The molecule has 95 heavy (non-hydrogen) atoms. The first-order chi connectivity index (χ1) is 44.1. The predicted molar refractivity (Wildman–Crippen MR) is 327 cm³/mol. The minimum Gasteiger partial charge on any atom is -0.481 e. The first-order valence-corrected chi connectivity index (χ1v) is 34.1. The maximum absolute atomic E-state index is 14.6. The molecule has 3 rings (SSSR count). The molecule has 0 aliphatic carbocycles. The van der Waals surface area contributed by atoms with Gasteiger partial charge in [0.1, 0.15) is 97.0 Å². The Kier molecular flexibility index (Phi) is 33.0. The summed E-state index contributed by atoms with van der Waals surface area (Å²) >= 11 is 0. The number of likely N-dealkylation sites (tertiary alicyclic amines) is 1. The fourth-order valence-corrected chi connectivity index (χ4v) is 11.8. The molecule has 3 aliphatic rings. The molecule has 9 amide bonds. The molecule has 0 radical (unpaired) electrons. The number of carboxylic acid groups (broad SMARTS) is 2. The van der Waals surface area contributed by atoms with Crippen LogP contribution in [0, 0.1) is 11.8 Å². The van der Waals surface area contributed by atoms with Gasteiger partial charge in [-0.15, -0.1) is 0 Å². The van der Waals surface area contributed by atoms with Crippen molar-refractivity contribution in [2.75, 3.05) is 45.2 Å². The molecule has 0 aromatic heterocycles. The lowest BCUT2D eigenvalue weighted by molar-refractivity contribution is -0.281. The zero-order chi connectivity index (χ0) is 72.3. The Morgan fingerprint density at radius 3 is 1.45 bits per heavy atom. The minimum absolute atomic E-state index is 0.00245. The van der Waals surface area contributed by atoms with Crippen LogP contribution in [0.5, 0.6) is 0 Å². The van der Waals surface area contributed by atoms with E-state index in [1.165, 1.54) is 13.8 Å². The number of nitrogens with one attached hydrogen (secondary N) is 8. The number of aliphatic carboxylic acids is 2. The van der Waals surface area contributed by atoms with Gasteiger partial charge in [-0.05, 0) is 58.8 Å².